The smallest absolute Gasteiger partial charge is 0.298 e. The lowest BCUT2D eigenvalue weighted by Crippen LogP contribution is -2.33. The van der Waals surface area contributed by atoms with Crippen LogP contribution in [0, 0.1) is 12.7 Å². The second kappa shape index (κ2) is 8.76. The Balaban J connectivity index is 1.48. The molecule has 3 N–H and O–H groups in total. The molecule has 166 valence electrons. The summed E-state index contributed by atoms with van der Waals surface area (Å²) in [4.78, 5) is 17.0. The van der Waals surface area contributed by atoms with Crippen LogP contribution in [-0.2, 0) is 7.05 Å². The molecule has 3 aromatic heterocycles. The van der Waals surface area contributed by atoms with Crippen molar-refractivity contribution in [3.8, 4) is 11.1 Å². The van der Waals surface area contributed by atoms with Gasteiger partial charge in [-0.25, -0.2) is 14.2 Å². The molecule has 0 radical (unpaired) electrons. The third-order valence-electron chi connectivity index (χ3n) is 5.00. The van der Waals surface area contributed by atoms with Crippen molar-refractivity contribution in [3.05, 3.63) is 57.8 Å². The van der Waals surface area contributed by atoms with E-state index in [4.69, 9.17) is 11.6 Å². The highest BCUT2D eigenvalue weighted by molar-refractivity contribution is 7.20. The minimum atomic E-state index is -0.470. The summed E-state index contributed by atoms with van der Waals surface area (Å²) in [6.07, 6.45) is 0. The van der Waals surface area contributed by atoms with Crippen molar-refractivity contribution in [2.45, 2.75) is 26.7 Å². The molecule has 0 aliphatic carbocycles. The highest BCUT2D eigenvalue weighted by Gasteiger charge is 2.16. The van der Waals surface area contributed by atoms with E-state index < -0.39 is 6.03 Å². The number of hydrazine groups is 1. The number of carbonyl (C=O) groups is 1. The van der Waals surface area contributed by atoms with E-state index in [-0.39, 0.29) is 11.7 Å². The molecule has 4 aromatic rings. The Labute approximate surface area is 193 Å². The maximum Gasteiger partial charge on any atom is 0.338 e. The molecule has 0 atom stereocenters. The van der Waals surface area contributed by atoms with E-state index in [2.05, 4.69) is 40.1 Å². The fourth-order valence-corrected chi connectivity index (χ4v) is 4.73. The van der Waals surface area contributed by atoms with Crippen LogP contribution in [0.15, 0.2) is 36.4 Å². The molecule has 0 bridgehead atoms. The zero-order valence-electron chi connectivity index (χ0n) is 18.0. The Hall–Kier alpha value is -3.17. The summed E-state index contributed by atoms with van der Waals surface area (Å²) >= 11 is 7.54. The molecule has 0 saturated heterocycles. The molecule has 10 heteroatoms. The molecule has 0 saturated carbocycles. The SMILES string of the molecule is Cc1nn(C)c2nc(NNC(=O)Nc3cc(-c4ccc(F)cc4)c(Cl)s3)cc(C(C)C)c12. The van der Waals surface area contributed by atoms with Crippen molar-refractivity contribution in [1.29, 1.82) is 0 Å². The Bertz CT molecular complexity index is 1300. The van der Waals surface area contributed by atoms with Gasteiger partial charge in [-0.1, -0.05) is 37.6 Å². The summed E-state index contributed by atoms with van der Waals surface area (Å²) in [6.45, 7) is 6.16. The third-order valence-corrected chi connectivity index (χ3v) is 6.28. The highest BCUT2D eigenvalue weighted by Crippen LogP contribution is 2.38. The largest absolute Gasteiger partial charge is 0.338 e. The first-order chi connectivity index (χ1) is 15.2. The summed E-state index contributed by atoms with van der Waals surface area (Å²) in [5.41, 5.74) is 9.71. The first-order valence-corrected chi connectivity index (χ1v) is 11.1. The molecule has 32 heavy (non-hydrogen) atoms. The molecule has 1 aromatic carbocycles. The van der Waals surface area contributed by atoms with E-state index in [0.29, 0.717) is 15.2 Å². The molecule has 7 nitrogen and oxygen atoms in total. The third kappa shape index (κ3) is 4.39. The number of benzene rings is 1. The van der Waals surface area contributed by atoms with Crippen molar-refractivity contribution in [3.63, 3.8) is 0 Å². The number of fused-ring (bicyclic) bond motifs is 1. The lowest BCUT2D eigenvalue weighted by molar-refractivity contribution is 0.254. The van der Waals surface area contributed by atoms with Crippen LogP contribution in [-0.4, -0.2) is 20.8 Å². The quantitative estimate of drug-likeness (QED) is 0.308. The highest BCUT2D eigenvalue weighted by atomic mass is 35.5. The molecular formula is C22H22ClFN6OS. The van der Waals surface area contributed by atoms with Gasteiger partial charge in [-0.15, -0.1) is 11.3 Å². The number of pyridine rings is 1. The minimum absolute atomic E-state index is 0.260. The second-order valence-electron chi connectivity index (χ2n) is 7.67. The summed E-state index contributed by atoms with van der Waals surface area (Å²) in [5, 5.41) is 8.79. The molecule has 0 spiro atoms. The van der Waals surface area contributed by atoms with Gasteiger partial charge in [-0.3, -0.25) is 20.9 Å². The average Bonchev–Trinajstić information content (AvgIpc) is 3.25. The van der Waals surface area contributed by atoms with Gasteiger partial charge in [-0.2, -0.15) is 5.10 Å². The first kappa shape index (κ1) is 22.0. The fourth-order valence-electron chi connectivity index (χ4n) is 3.52. The van der Waals surface area contributed by atoms with Crippen LogP contribution in [0.2, 0.25) is 4.34 Å². The first-order valence-electron chi connectivity index (χ1n) is 9.95. The van der Waals surface area contributed by atoms with Gasteiger partial charge in [0.25, 0.3) is 0 Å². The number of hydrogen-bond donors (Lipinski definition) is 3. The average molecular weight is 473 g/mol. The fraction of sp³-hybridized carbons (Fsp3) is 0.227. The Morgan fingerprint density at radius 1 is 1.22 bits per heavy atom. The number of carbonyl (C=O) groups excluding carboxylic acids is 1. The van der Waals surface area contributed by atoms with Gasteiger partial charge in [-0.05, 0) is 48.2 Å². The van der Waals surface area contributed by atoms with E-state index >= 15 is 0 Å². The van der Waals surface area contributed by atoms with Gasteiger partial charge in [0.2, 0.25) is 0 Å². The van der Waals surface area contributed by atoms with Crippen LogP contribution in [0.1, 0.15) is 31.0 Å². The molecule has 4 rings (SSSR count). The number of urea groups is 1. The van der Waals surface area contributed by atoms with Crippen molar-refractivity contribution >= 4 is 50.8 Å². The van der Waals surface area contributed by atoms with Crippen LogP contribution in [0.25, 0.3) is 22.2 Å². The van der Waals surface area contributed by atoms with Crippen molar-refractivity contribution in [2.75, 3.05) is 10.7 Å². The van der Waals surface area contributed by atoms with Gasteiger partial charge < -0.3 is 0 Å². The number of aryl methyl sites for hydroxylation is 2. The van der Waals surface area contributed by atoms with E-state index in [1.807, 2.05) is 20.0 Å². The molecular weight excluding hydrogens is 451 g/mol. The maximum atomic E-state index is 13.2. The van der Waals surface area contributed by atoms with E-state index in [0.717, 1.165) is 33.4 Å². The molecule has 0 unspecified atom stereocenters. The van der Waals surface area contributed by atoms with Crippen molar-refractivity contribution in [2.24, 2.45) is 7.05 Å². The van der Waals surface area contributed by atoms with E-state index in [1.54, 1.807) is 22.9 Å². The zero-order chi connectivity index (χ0) is 23.0. The number of hydrogen-bond acceptors (Lipinski definition) is 5. The van der Waals surface area contributed by atoms with Crippen LogP contribution in [0.4, 0.5) is 20.0 Å². The Kier molecular flexibility index (Phi) is 6.03. The number of rotatable bonds is 5. The van der Waals surface area contributed by atoms with Crippen LogP contribution >= 0.6 is 22.9 Å². The van der Waals surface area contributed by atoms with Crippen LogP contribution in [0.3, 0.4) is 0 Å². The predicted octanol–water partition coefficient (Wildman–Crippen LogP) is 6.07. The number of anilines is 2. The number of nitrogens with zero attached hydrogens (tertiary/aromatic N) is 3. The molecule has 3 heterocycles. The van der Waals surface area contributed by atoms with E-state index in [1.165, 1.54) is 23.5 Å². The van der Waals surface area contributed by atoms with Gasteiger partial charge in [0, 0.05) is 18.0 Å². The topological polar surface area (TPSA) is 83.9 Å². The number of aromatic nitrogens is 3. The zero-order valence-corrected chi connectivity index (χ0v) is 19.5. The number of amides is 2. The predicted molar refractivity (Wildman–Crippen MR) is 128 cm³/mol. The summed E-state index contributed by atoms with van der Waals surface area (Å²) in [7, 11) is 1.84. The van der Waals surface area contributed by atoms with Crippen LogP contribution in [0.5, 0.6) is 0 Å². The summed E-state index contributed by atoms with van der Waals surface area (Å²) in [5.74, 6) is 0.448. The summed E-state index contributed by atoms with van der Waals surface area (Å²) in [6, 6.07) is 9.21. The van der Waals surface area contributed by atoms with Gasteiger partial charge in [0.05, 0.1) is 10.7 Å². The molecule has 0 aliphatic rings. The summed E-state index contributed by atoms with van der Waals surface area (Å²) < 4.78 is 15.4. The minimum Gasteiger partial charge on any atom is -0.298 e. The lowest BCUT2D eigenvalue weighted by Gasteiger charge is -2.13. The standard InChI is InChI=1S/C22H22ClFN6OS/c1-11(2)15-9-17(25-21-19(15)12(3)29-30(21)4)27-28-22(31)26-18-10-16(20(23)32-18)13-5-7-14(24)8-6-13/h5-11H,1-4H3,(H,25,27)(H2,26,28,31). The Morgan fingerprint density at radius 3 is 2.62 bits per heavy atom. The molecule has 0 fully saturated rings. The van der Waals surface area contributed by atoms with Crippen LogP contribution < -0.4 is 16.2 Å². The number of thiophene rings is 1. The monoisotopic (exact) mass is 472 g/mol. The molecule has 2 amide bonds. The van der Waals surface area contributed by atoms with E-state index in [9.17, 15) is 9.18 Å². The number of halogens is 2. The van der Waals surface area contributed by atoms with Gasteiger partial charge >= 0.3 is 6.03 Å². The lowest BCUT2D eigenvalue weighted by atomic mass is 10.00. The van der Waals surface area contributed by atoms with Crippen molar-refractivity contribution in [1.82, 2.24) is 20.2 Å². The normalized spacial score (nSPS) is 11.2. The van der Waals surface area contributed by atoms with Gasteiger partial charge in [0.15, 0.2) is 5.65 Å². The van der Waals surface area contributed by atoms with Gasteiger partial charge in [0.1, 0.15) is 16.0 Å². The maximum absolute atomic E-state index is 13.2. The second-order valence-corrected chi connectivity index (χ2v) is 9.32. The molecule has 0 aliphatic heterocycles. The Morgan fingerprint density at radius 2 is 1.94 bits per heavy atom. The van der Waals surface area contributed by atoms with Crippen molar-refractivity contribution < 1.29 is 9.18 Å². The number of nitrogens with one attached hydrogen (secondary N) is 3.